The second kappa shape index (κ2) is 6.94. The molecule has 138 valence electrons. The molecule has 0 bridgehead atoms. The van der Waals surface area contributed by atoms with Crippen LogP contribution in [0.15, 0.2) is 30.5 Å². The molecule has 1 fully saturated rings. The van der Waals surface area contributed by atoms with Crippen LogP contribution in [-0.4, -0.2) is 41.5 Å². The lowest BCUT2D eigenvalue weighted by Crippen LogP contribution is -2.32. The molecule has 0 spiro atoms. The number of likely N-dealkylation sites (N-methyl/N-ethyl adjacent to an activating group) is 1. The predicted molar refractivity (Wildman–Crippen MR) is 91.5 cm³/mol. The van der Waals surface area contributed by atoms with Gasteiger partial charge in [-0.2, -0.15) is 13.2 Å². The van der Waals surface area contributed by atoms with Crippen molar-refractivity contribution < 1.29 is 22.8 Å². The standard InChI is InChI=1S/C16H15F3N4O2S/c1-2-22-7-8-23(15(22)25)13-6-3-10(9-20-13)21-14(24)11-4-5-12(26-11)16(17,18)19/h3-6,9H,2,7-8H2,1H3,(H,21,24). The van der Waals surface area contributed by atoms with Crippen LogP contribution in [0.5, 0.6) is 0 Å². The number of hydrogen-bond acceptors (Lipinski definition) is 4. The van der Waals surface area contributed by atoms with Gasteiger partial charge in [0.2, 0.25) is 0 Å². The largest absolute Gasteiger partial charge is 0.425 e. The van der Waals surface area contributed by atoms with Crippen molar-refractivity contribution in [3.8, 4) is 0 Å². The maximum absolute atomic E-state index is 12.6. The van der Waals surface area contributed by atoms with Crippen molar-refractivity contribution in [2.24, 2.45) is 0 Å². The van der Waals surface area contributed by atoms with Crippen LogP contribution in [0.2, 0.25) is 0 Å². The maximum Gasteiger partial charge on any atom is 0.425 e. The van der Waals surface area contributed by atoms with E-state index in [1.807, 2.05) is 6.92 Å². The van der Waals surface area contributed by atoms with Crippen LogP contribution in [0, 0.1) is 0 Å². The fraction of sp³-hybridized carbons (Fsp3) is 0.312. The molecular weight excluding hydrogens is 369 g/mol. The lowest BCUT2D eigenvalue weighted by Gasteiger charge is -2.16. The summed E-state index contributed by atoms with van der Waals surface area (Å²) in [7, 11) is 0. The number of amides is 3. The SMILES string of the molecule is CCN1CCN(c2ccc(NC(=O)c3ccc(C(F)(F)F)s3)cn2)C1=O. The van der Waals surface area contributed by atoms with E-state index in [0.29, 0.717) is 42.5 Å². The molecule has 1 aliphatic heterocycles. The number of anilines is 2. The van der Waals surface area contributed by atoms with Crippen molar-refractivity contribution in [3.63, 3.8) is 0 Å². The van der Waals surface area contributed by atoms with Crippen LogP contribution in [0.3, 0.4) is 0 Å². The molecule has 1 saturated heterocycles. The Morgan fingerprint density at radius 3 is 2.58 bits per heavy atom. The van der Waals surface area contributed by atoms with E-state index >= 15 is 0 Å². The molecule has 1 aliphatic rings. The first-order chi connectivity index (χ1) is 12.3. The highest BCUT2D eigenvalue weighted by Crippen LogP contribution is 2.34. The number of halogens is 3. The molecule has 0 saturated carbocycles. The molecule has 2 aromatic heterocycles. The number of alkyl halides is 3. The summed E-state index contributed by atoms with van der Waals surface area (Å²) in [6.07, 6.45) is -3.10. The highest BCUT2D eigenvalue weighted by atomic mass is 32.1. The maximum atomic E-state index is 12.6. The van der Waals surface area contributed by atoms with Gasteiger partial charge in [0.25, 0.3) is 5.91 Å². The van der Waals surface area contributed by atoms with Crippen molar-refractivity contribution in [1.29, 1.82) is 0 Å². The Balaban J connectivity index is 1.67. The highest BCUT2D eigenvalue weighted by Gasteiger charge is 2.33. The Bertz CT molecular complexity index is 820. The van der Waals surface area contributed by atoms with Gasteiger partial charge in [-0.05, 0) is 31.2 Å². The first kappa shape index (κ1) is 18.2. The van der Waals surface area contributed by atoms with Gasteiger partial charge in [-0.25, -0.2) is 9.78 Å². The Hall–Kier alpha value is -2.62. The van der Waals surface area contributed by atoms with Gasteiger partial charge in [0.1, 0.15) is 10.7 Å². The Labute approximate surface area is 151 Å². The Kier molecular flexibility index (Phi) is 4.86. The summed E-state index contributed by atoms with van der Waals surface area (Å²) < 4.78 is 37.8. The van der Waals surface area contributed by atoms with E-state index in [1.54, 1.807) is 17.0 Å². The summed E-state index contributed by atoms with van der Waals surface area (Å²) in [5, 5.41) is 2.50. The monoisotopic (exact) mass is 384 g/mol. The molecular formula is C16H15F3N4O2S. The first-order valence-corrected chi connectivity index (χ1v) is 8.62. The van der Waals surface area contributed by atoms with Crippen LogP contribution in [0.4, 0.5) is 29.5 Å². The molecule has 3 amide bonds. The highest BCUT2D eigenvalue weighted by molar-refractivity contribution is 7.14. The van der Waals surface area contributed by atoms with Crippen LogP contribution >= 0.6 is 11.3 Å². The van der Waals surface area contributed by atoms with E-state index in [9.17, 15) is 22.8 Å². The van der Waals surface area contributed by atoms with E-state index in [-0.39, 0.29) is 10.9 Å². The number of aromatic nitrogens is 1. The molecule has 3 rings (SSSR count). The summed E-state index contributed by atoms with van der Waals surface area (Å²) in [6, 6.07) is 5.02. The van der Waals surface area contributed by atoms with Gasteiger partial charge in [0, 0.05) is 19.6 Å². The zero-order chi connectivity index (χ0) is 18.9. The molecule has 10 heteroatoms. The summed E-state index contributed by atoms with van der Waals surface area (Å²) in [6.45, 7) is 3.66. The van der Waals surface area contributed by atoms with Gasteiger partial charge in [0.05, 0.1) is 16.8 Å². The topological polar surface area (TPSA) is 65.5 Å². The number of nitrogens with zero attached hydrogens (tertiary/aromatic N) is 3. The summed E-state index contributed by atoms with van der Waals surface area (Å²) in [5.74, 6) is -0.186. The minimum atomic E-state index is -4.47. The number of urea groups is 1. The zero-order valence-electron chi connectivity index (χ0n) is 13.7. The quantitative estimate of drug-likeness (QED) is 0.875. The van der Waals surface area contributed by atoms with E-state index in [1.165, 1.54) is 11.1 Å². The third-order valence-corrected chi connectivity index (χ3v) is 5.00. The van der Waals surface area contributed by atoms with Crippen LogP contribution in [0.25, 0.3) is 0 Å². The number of hydrogen-bond donors (Lipinski definition) is 1. The van der Waals surface area contributed by atoms with Gasteiger partial charge in [-0.15, -0.1) is 11.3 Å². The van der Waals surface area contributed by atoms with Crippen LogP contribution < -0.4 is 10.2 Å². The first-order valence-electron chi connectivity index (χ1n) is 7.80. The average Bonchev–Trinajstić information content (AvgIpc) is 3.22. The van der Waals surface area contributed by atoms with Crippen molar-refractivity contribution in [2.75, 3.05) is 29.9 Å². The molecule has 0 aliphatic carbocycles. The van der Waals surface area contributed by atoms with Gasteiger partial charge in [-0.1, -0.05) is 0 Å². The average molecular weight is 384 g/mol. The van der Waals surface area contributed by atoms with E-state index in [0.717, 1.165) is 12.1 Å². The molecule has 6 nitrogen and oxygen atoms in total. The molecule has 3 heterocycles. The summed E-state index contributed by atoms with van der Waals surface area (Å²) >= 11 is 0.378. The second-order valence-corrected chi connectivity index (χ2v) is 6.62. The molecule has 1 N–H and O–H groups in total. The smallest absolute Gasteiger partial charge is 0.323 e. The van der Waals surface area contributed by atoms with Crippen LogP contribution in [0.1, 0.15) is 21.5 Å². The Morgan fingerprint density at radius 2 is 2.04 bits per heavy atom. The predicted octanol–water partition coefficient (Wildman–Crippen LogP) is 3.68. The Morgan fingerprint density at radius 1 is 1.27 bits per heavy atom. The van der Waals surface area contributed by atoms with E-state index in [2.05, 4.69) is 10.3 Å². The summed E-state index contributed by atoms with van der Waals surface area (Å²) in [5.41, 5.74) is 0.333. The fourth-order valence-electron chi connectivity index (χ4n) is 2.51. The van der Waals surface area contributed by atoms with Gasteiger partial charge >= 0.3 is 12.2 Å². The molecule has 0 radical (unpaired) electrons. The van der Waals surface area contributed by atoms with Crippen LogP contribution in [-0.2, 0) is 6.18 Å². The fourth-order valence-corrected chi connectivity index (χ4v) is 3.28. The van der Waals surface area contributed by atoms with E-state index in [4.69, 9.17) is 0 Å². The third kappa shape index (κ3) is 3.64. The lowest BCUT2D eigenvalue weighted by atomic mass is 10.3. The van der Waals surface area contributed by atoms with Crippen molar-refractivity contribution >= 4 is 34.8 Å². The van der Waals surface area contributed by atoms with Gasteiger partial charge in [0.15, 0.2) is 0 Å². The van der Waals surface area contributed by atoms with E-state index < -0.39 is 17.0 Å². The molecule has 2 aromatic rings. The number of pyridine rings is 1. The normalized spacial score (nSPS) is 14.8. The molecule has 0 unspecified atom stereocenters. The number of thiophene rings is 1. The second-order valence-electron chi connectivity index (χ2n) is 5.53. The number of carbonyl (C=O) groups excluding carboxylic acids is 2. The molecule has 0 aromatic carbocycles. The van der Waals surface area contributed by atoms with Crippen molar-refractivity contribution in [1.82, 2.24) is 9.88 Å². The number of rotatable bonds is 4. The van der Waals surface area contributed by atoms with Crippen molar-refractivity contribution in [3.05, 3.63) is 40.2 Å². The van der Waals surface area contributed by atoms with Gasteiger partial charge in [-0.3, -0.25) is 9.69 Å². The lowest BCUT2D eigenvalue weighted by molar-refractivity contribution is -0.134. The zero-order valence-corrected chi connectivity index (χ0v) is 14.5. The minimum Gasteiger partial charge on any atom is -0.323 e. The summed E-state index contributed by atoms with van der Waals surface area (Å²) in [4.78, 5) is 30.7. The number of carbonyl (C=O) groups is 2. The van der Waals surface area contributed by atoms with Crippen molar-refractivity contribution in [2.45, 2.75) is 13.1 Å². The third-order valence-electron chi connectivity index (χ3n) is 3.87. The molecule has 0 atom stereocenters. The molecule has 26 heavy (non-hydrogen) atoms. The number of nitrogens with one attached hydrogen (secondary N) is 1. The minimum absolute atomic E-state index is 0.0466. The van der Waals surface area contributed by atoms with Gasteiger partial charge < -0.3 is 10.2 Å².